The Hall–Kier alpha value is -5.05. The van der Waals surface area contributed by atoms with Gasteiger partial charge in [0, 0.05) is 48.6 Å². The van der Waals surface area contributed by atoms with E-state index >= 15 is 0 Å². The van der Waals surface area contributed by atoms with E-state index in [4.69, 9.17) is 36.8 Å². The van der Waals surface area contributed by atoms with E-state index in [9.17, 15) is 19.2 Å². The fourth-order valence-corrected chi connectivity index (χ4v) is 31.0. The van der Waals surface area contributed by atoms with Gasteiger partial charge in [0.1, 0.15) is 25.1 Å². The Morgan fingerprint density at radius 1 is 0.567 bits per heavy atom. The van der Waals surface area contributed by atoms with E-state index in [-0.39, 0.29) is 35.6 Å². The lowest BCUT2D eigenvalue weighted by Gasteiger charge is -2.35. The summed E-state index contributed by atoms with van der Waals surface area (Å²) >= 11 is 14.4. The highest BCUT2D eigenvalue weighted by atomic mass is 35.6. The molecule has 104 heavy (non-hydrogen) atoms. The zero-order valence-electron chi connectivity index (χ0n) is 67.2. The molecule has 11 nitrogen and oxygen atoms in total. The molecule has 0 aromatic heterocycles. The second-order valence-electron chi connectivity index (χ2n) is 28.8. The molecule has 2 saturated carbocycles. The lowest BCUT2D eigenvalue weighted by atomic mass is 9.90. The Morgan fingerprint density at radius 2 is 0.923 bits per heavy atom. The Labute approximate surface area is 645 Å². The van der Waals surface area contributed by atoms with E-state index < -0.39 is 23.7 Å². The largest absolute Gasteiger partial charge is 0.399 e. The van der Waals surface area contributed by atoms with Crippen molar-refractivity contribution in [1.82, 2.24) is 18.3 Å². The number of hydrogen-bond donors (Lipinski definition) is 2. The molecule has 5 aliphatic rings. The molecule has 16 heteroatoms. The van der Waals surface area contributed by atoms with E-state index in [1.165, 1.54) is 72.5 Å². The number of carbonyl (C=O) groups is 4. The summed E-state index contributed by atoms with van der Waals surface area (Å²) in [6.07, 6.45) is 33.8. The number of allylic oxidation sites excluding steroid dienone is 6. The fraction of sp³-hybridized carbons (Fsp3) is 0.545. The molecule has 0 spiro atoms. The Morgan fingerprint density at radius 3 is 1.21 bits per heavy atom. The molecule has 2 N–H and O–H groups in total. The lowest BCUT2D eigenvalue weighted by molar-refractivity contribution is -0.112. The number of likely N-dealkylation sites (N-methyl/N-ethyl adjacent to an activating group) is 4. The molecule has 4 unspecified atom stereocenters. The Balaban J connectivity index is 0.000000420. The van der Waals surface area contributed by atoms with Crippen molar-refractivity contribution in [1.29, 1.82) is 0 Å². The highest BCUT2D eigenvalue weighted by Gasteiger charge is 2.59. The van der Waals surface area contributed by atoms with Crippen molar-refractivity contribution in [3.05, 3.63) is 198 Å². The van der Waals surface area contributed by atoms with Crippen LogP contribution in [0.3, 0.4) is 0 Å². The quantitative estimate of drug-likeness (QED) is 0.0216. The number of halogens is 2. The summed E-state index contributed by atoms with van der Waals surface area (Å²) in [6.45, 7) is 46.7. The minimum absolute atomic E-state index is 0.179. The first-order valence-electron chi connectivity index (χ1n) is 39.1. The molecule has 4 aromatic carbocycles. The van der Waals surface area contributed by atoms with Gasteiger partial charge in [0.15, 0.2) is 0 Å². The zero-order chi connectivity index (χ0) is 77.9. The van der Waals surface area contributed by atoms with Crippen LogP contribution in [0.1, 0.15) is 212 Å². The highest BCUT2D eigenvalue weighted by molar-refractivity contribution is 7.18. The molecule has 12 atom stereocenters. The molecule has 0 amide bonds. The van der Waals surface area contributed by atoms with Crippen LogP contribution in [-0.2, 0) is 30.0 Å². The summed E-state index contributed by atoms with van der Waals surface area (Å²) in [5.74, 6) is 1.13. The number of carbonyl (C=O) groups excluding carboxylic acids is 4. The second kappa shape index (κ2) is 51.3. The van der Waals surface area contributed by atoms with Crippen LogP contribution in [0.25, 0.3) is 6.08 Å². The summed E-state index contributed by atoms with van der Waals surface area (Å²) in [6, 6.07) is 46.1. The number of aldehydes is 4. The van der Waals surface area contributed by atoms with Gasteiger partial charge >= 0.3 is 15.4 Å². The van der Waals surface area contributed by atoms with Gasteiger partial charge in [-0.25, -0.2) is 0 Å². The summed E-state index contributed by atoms with van der Waals surface area (Å²) < 4.78 is 17.5. The van der Waals surface area contributed by atoms with Crippen molar-refractivity contribution in [2.45, 2.75) is 262 Å². The fourth-order valence-electron chi connectivity index (χ4n) is 14.8. The van der Waals surface area contributed by atoms with Crippen LogP contribution >= 0.6 is 22.2 Å². The summed E-state index contributed by atoms with van der Waals surface area (Å²) in [7, 11) is -6.47. The van der Waals surface area contributed by atoms with E-state index in [1.54, 1.807) is 19.1 Å². The SMILES string of the molecule is C/C(C=O)=C1\CC(C)(C)O[Si]1(c1ccccc1)c1ccccc1.C/C(C=O)=C\c1ccccc1.C/C=C/C[Si]1(Cl)N(CC)C2CCCC[C@H]2N1CC.C/C=C\C[Si]1(Cl)N(CC)C2CCCC[C@H]2N1CC.C=C[C@@H](C)[C@H](O)CC.C=C[C@H](C)[C@H](O)CC.CCC=O.C[C@H](C=O)[C@H](C)CCc1ccccc1. The van der Waals surface area contributed by atoms with Gasteiger partial charge in [0.2, 0.25) is 0 Å². The van der Waals surface area contributed by atoms with Gasteiger partial charge in [-0.15, -0.1) is 35.3 Å². The molecule has 2 aliphatic carbocycles. The molecule has 3 heterocycles. The molecule has 4 aromatic rings. The van der Waals surface area contributed by atoms with Crippen molar-refractivity contribution in [3.8, 4) is 0 Å². The first-order chi connectivity index (χ1) is 49.8. The molecule has 9 rings (SSSR count). The molecule has 5 fully saturated rings. The van der Waals surface area contributed by atoms with Crippen molar-refractivity contribution < 1.29 is 33.8 Å². The predicted molar refractivity (Wildman–Crippen MR) is 453 cm³/mol. The second-order valence-corrected chi connectivity index (χ2v) is 41.8. The highest BCUT2D eigenvalue weighted by Crippen LogP contribution is 2.45. The summed E-state index contributed by atoms with van der Waals surface area (Å²) in [5, 5.41) is 21.7. The minimum Gasteiger partial charge on any atom is -0.399 e. The summed E-state index contributed by atoms with van der Waals surface area (Å²) in [4.78, 5) is 41.5. The van der Waals surface area contributed by atoms with Crippen LogP contribution < -0.4 is 10.4 Å². The number of aliphatic hydroxyl groups is 2. The number of aliphatic hydroxyl groups excluding tert-OH is 2. The topological polar surface area (TPSA) is 131 Å². The molecule has 3 saturated heterocycles. The normalized spacial score (nSPS) is 24.0. The van der Waals surface area contributed by atoms with Crippen molar-refractivity contribution >= 4 is 87.5 Å². The van der Waals surface area contributed by atoms with Crippen molar-refractivity contribution in [3.63, 3.8) is 0 Å². The maximum atomic E-state index is 11.6. The number of fused-ring (bicyclic) bond motifs is 2. The van der Waals surface area contributed by atoms with Crippen molar-refractivity contribution in [2.75, 3.05) is 26.2 Å². The van der Waals surface area contributed by atoms with E-state index in [0.29, 0.717) is 12.3 Å². The average Bonchev–Trinajstić information content (AvgIpc) is 1.59. The third-order valence-electron chi connectivity index (χ3n) is 21.0. The maximum absolute atomic E-state index is 11.6. The van der Waals surface area contributed by atoms with Crippen LogP contribution in [0.2, 0.25) is 12.1 Å². The van der Waals surface area contributed by atoms with Crippen LogP contribution in [0.15, 0.2) is 187 Å². The lowest BCUT2D eigenvalue weighted by Crippen LogP contribution is -2.61. The molecular weight excluding hydrogens is 1380 g/mol. The van der Waals surface area contributed by atoms with Gasteiger partial charge in [0.05, 0.1) is 17.8 Å². The van der Waals surface area contributed by atoms with E-state index in [0.717, 1.165) is 136 Å². The first-order valence-corrected chi connectivity index (χ1v) is 47.3. The summed E-state index contributed by atoms with van der Waals surface area (Å²) in [5.41, 5.74) is 3.72. The van der Waals surface area contributed by atoms with Gasteiger partial charge in [-0.05, 0) is 187 Å². The first kappa shape index (κ1) is 95.0. The van der Waals surface area contributed by atoms with Crippen molar-refractivity contribution in [2.24, 2.45) is 23.7 Å². The van der Waals surface area contributed by atoms with Gasteiger partial charge in [-0.2, -0.15) is 0 Å². The minimum atomic E-state index is -2.59. The third-order valence-corrected chi connectivity index (χ3v) is 36.7. The third kappa shape index (κ3) is 28.8. The predicted octanol–water partition coefficient (Wildman–Crippen LogP) is 19.6. The van der Waals surface area contributed by atoms with Crippen LogP contribution in [0, 0.1) is 23.7 Å². The molecular formula is C88H138Cl2N4O7Si3. The standard InChI is InChI=1S/C20H22O2Si.2C14H27ClN2Si.C13H18O.C10H10O.2C7H14O.C3H6O/c1-16(15-21)19-14-20(2,3)22-23(19,17-10-6-4-7-11-17)18-12-8-5-9-13-18;2*1-4-7-12-18(15)16(5-2)13-10-8-9-11-14(13)17(18)6-3;1-11(12(2)10-14)8-9-13-6-4-3-5-7-13;1-9(8-11)7-10-5-3-2-4-6-10;2*1-4-6(3)7(8)5-2;1-2-3-4/h4-13,15H,14H2,1-3H3;2*4,7,13-14H,5-6,8-12H2,1-3H3;3-7,10-12H,8-9H2,1-2H3;2-8H,1H3;2*4,6-8H,1,5H2,2-3H3;3H,2H2,1H3/b19-16-;7-4+;7-4-;;9-7+;;;/t;2*13-,14?,18?;11-,12-;;6-,7+;6-,7-;/m.111.01./s1. The Bertz CT molecular complexity index is 3000. The molecule has 0 radical (unpaired) electrons. The zero-order valence-corrected chi connectivity index (χ0v) is 71.7. The van der Waals surface area contributed by atoms with E-state index in [2.05, 4.69) is 191 Å². The van der Waals surface area contributed by atoms with Gasteiger partial charge in [0.25, 0.3) is 8.32 Å². The number of rotatable bonds is 25. The number of aryl methyl sites for hydroxylation is 1. The molecule has 578 valence electrons. The van der Waals surface area contributed by atoms with Crippen LogP contribution in [0.4, 0.5) is 0 Å². The van der Waals surface area contributed by atoms with Gasteiger partial charge in [-0.1, -0.05) is 260 Å². The Kier molecular flexibility index (Phi) is 46.9. The van der Waals surface area contributed by atoms with Crippen LogP contribution in [0.5, 0.6) is 0 Å². The number of benzene rings is 4. The molecule has 0 bridgehead atoms. The van der Waals surface area contributed by atoms with Gasteiger partial charge < -0.3 is 24.2 Å². The number of nitrogens with zero attached hydrogens (tertiary/aromatic N) is 4. The molecule has 3 aliphatic heterocycles. The van der Waals surface area contributed by atoms with Crippen LogP contribution in [-0.4, -0.2) is 146 Å². The van der Waals surface area contributed by atoms with E-state index in [1.807, 2.05) is 103 Å². The monoisotopic (exact) mass is 1520 g/mol. The van der Waals surface area contributed by atoms with Gasteiger partial charge in [-0.3, -0.25) is 27.9 Å². The smallest absolute Gasteiger partial charge is 0.311 e. The maximum Gasteiger partial charge on any atom is 0.311 e. The number of hydrogen-bond acceptors (Lipinski definition) is 11. The average molecular weight is 1520 g/mol.